The van der Waals surface area contributed by atoms with Crippen molar-refractivity contribution in [2.24, 2.45) is 5.92 Å². The van der Waals surface area contributed by atoms with E-state index in [0.29, 0.717) is 41.2 Å². The number of aromatic amines is 3. The SMILES string of the molecule is CC(=O)N1CCN(C2CC(c3nc(-c4cc5ccccc5[nH]4)c4c(N)nccn34)C2)CC1.Nc1nccn2c(C3CC(CO)C3)nc(-c3cc4ccccc4[nH]3)c12.Nc1nccn2c(C3CC(O)C3)nc(-c3cc4ccccc4[nH]3)c12. The van der Waals surface area contributed by atoms with Crippen LogP contribution in [0.25, 0.3) is 83.4 Å². The zero-order valence-electron chi connectivity index (χ0n) is 44.8. The minimum Gasteiger partial charge on any atom is -0.396 e. The number of imidazole rings is 3. The molecule has 3 saturated carbocycles. The molecule has 20 heteroatoms. The van der Waals surface area contributed by atoms with Crippen molar-refractivity contribution >= 4 is 72.6 Å². The highest BCUT2D eigenvalue weighted by Crippen LogP contribution is 2.45. The molecule has 410 valence electrons. The number of aromatic nitrogens is 12. The number of hydrogen-bond acceptors (Lipinski definition) is 13. The number of aliphatic hydroxyl groups excluding tert-OH is 2. The minimum absolute atomic E-state index is 0.177. The Labute approximate surface area is 464 Å². The van der Waals surface area contributed by atoms with Gasteiger partial charge in [0.25, 0.3) is 0 Å². The molecule has 20 nitrogen and oxygen atoms in total. The average molecular weight is 1080 g/mol. The van der Waals surface area contributed by atoms with Crippen LogP contribution in [-0.4, -0.2) is 129 Å². The Morgan fingerprint density at radius 3 is 1.27 bits per heavy atom. The number of nitrogens with zero attached hydrogens (tertiary/aromatic N) is 11. The van der Waals surface area contributed by atoms with Gasteiger partial charge in [0.1, 0.15) is 68.6 Å². The number of amides is 1. The van der Waals surface area contributed by atoms with Crippen LogP contribution in [0, 0.1) is 5.92 Å². The average Bonchev–Trinajstić information content (AvgIpc) is 4.50. The molecular weight excluding hydrogens is 1020 g/mol. The molecular formula is C61H63N17O3. The lowest BCUT2D eigenvalue weighted by atomic mass is 9.75. The number of H-pyrrole nitrogens is 3. The fraction of sp³-hybridized carbons (Fsp3) is 0.295. The summed E-state index contributed by atoms with van der Waals surface area (Å²) in [6.07, 6.45) is 16.3. The monoisotopic (exact) mass is 1080 g/mol. The second-order valence-corrected chi connectivity index (χ2v) is 22.3. The zero-order chi connectivity index (χ0) is 55.0. The summed E-state index contributed by atoms with van der Waals surface area (Å²) in [7, 11) is 0. The number of rotatable bonds is 8. The molecule has 12 aromatic rings. The summed E-state index contributed by atoms with van der Waals surface area (Å²) in [6.45, 7) is 5.47. The number of piperazine rings is 1. The highest BCUT2D eigenvalue weighted by molar-refractivity contribution is 5.94. The van der Waals surface area contributed by atoms with E-state index in [0.717, 1.165) is 166 Å². The number of fused-ring (bicyclic) bond motifs is 6. The van der Waals surface area contributed by atoms with Crippen molar-refractivity contribution in [3.05, 3.63) is 146 Å². The van der Waals surface area contributed by atoms with Crippen LogP contribution in [0.5, 0.6) is 0 Å². The third kappa shape index (κ3) is 8.95. The summed E-state index contributed by atoms with van der Waals surface area (Å²) in [5, 5.41) is 22.4. The fourth-order valence-electron chi connectivity index (χ4n) is 12.7. The first kappa shape index (κ1) is 50.1. The number of nitrogens with two attached hydrogens (primary N) is 3. The molecule has 81 heavy (non-hydrogen) atoms. The molecule has 3 aromatic carbocycles. The summed E-state index contributed by atoms with van der Waals surface area (Å²) in [5.41, 5.74) is 29.8. The van der Waals surface area contributed by atoms with Gasteiger partial charge in [-0.25, -0.2) is 29.9 Å². The van der Waals surface area contributed by atoms with E-state index in [1.54, 1.807) is 25.5 Å². The third-order valence-corrected chi connectivity index (χ3v) is 17.3. The van der Waals surface area contributed by atoms with E-state index in [9.17, 15) is 15.0 Å². The van der Waals surface area contributed by atoms with Gasteiger partial charge in [0.05, 0.1) is 23.2 Å². The number of nitrogen functional groups attached to an aromatic ring is 3. The van der Waals surface area contributed by atoms with E-state index < -0.39 is 0 Å². The van der Waals surface area contributed by atoms with Gasteiger partial charge in [0.2, 0.25) is 5.91 Å². The molecule has 1 amide bonds. The van der Waals surface area contributed by atoms with Crippen molar-refractivity contribution in [1.29, 1.82) is 0 Å². The van der Waals surface area contributed by atoms with E-state index in [2.05, 4.69) is 92.1 Å². The summed E-state index contributed by atoms with van der Waals surface area (Å²) in [6, 6.07) is 31.4. The second-order valence-electron chi connectivity index (χ2n) is 22.3. The Morgan fingerprint density at radius 1 is 0.543 bits per heavy atom. The van der Waals surface area contributed by atoms with Crippen molar-refractivity contribution in [3.63, 3.8) is 0 Å². The molecule has 1 aliphatic heterocycles. The lowest BCUT2D eigenvalue weighted by molar-refractivity contribution is -0.131. The molecule has 9 aromatic heterocycles. The zero-order valence-corrected chi connectivity index (χ0v) is 44.8. The Morgan fingerprint density at radius 2 is 0.914 bits per heavy atom. The van der Waals surface area contributed by atoms with Crippen LogP contribution in [0.2, 0.25) is 0 Å². The van der Waals surface area contributed by atoms with Crippen LogP contribution in [0.1, 0.15) is 80.7 Å². The fourth-order valence-corrected chi connectivity index (χ4v) is 12.7. The summed E-state index contributed by atoms with van der Waals surface area (Å²) in [4.78, 5) is 54.2. The number of carbonyl (C=O) groups is 1. The molecule has 11 N–H and O–H groups in total. The van der Waals surface area contributed by atoms with Crippen LogP contribution in [0.15, 0.2) is 128 Å². The summed E-state index contributed by atoms with van der Waals surface area (Å²) in [5.74, 6) is 6.00. The number of anilines is 3. The summed E-state index contributed by atoms with van der Waals surface area (Å²) >= 11 is 0. The molecule has 0 atom stereocenters. The number of benzene rings is 3. The predicted molar refractivity (Wildman–Crippen MR) is 314 cm³/mol. The highest BCUT2D eigenvalue weighted by Gasteiger charge is 2.39. The van der Waals surface area contributed by atoms with Gasteiger partial charge in [-0.05, 0) is 80.8 Å². The van der Waals surface area contributed by atoms with Crippen LogP contribution in [0.3, 0.4) is 0 Å². The van der Waals surface area contributed by atoms with Crippen molar-refractivity contribution < 1.29 is 15.0 Å². The van der Waals surface area contributed by atoms with Crippen LogP contribution < -0.4 is 17.2 Å². The first-order valence-corrected chi connectivity index (χ1v) is 27.9. The molecule has 3 aliphatic carbocycles. The highest BCUT2D eigenvalue weighted by atomic mass is 16.3. The topological polar surface area (TPSA) is 280 Å². The Bertz CT molecular complexity index is 4210. The van der Waals surface area contributed by atoms with E-state index in [1.165, 1.54) is 0 Å². The number of aliphatic hydroxyl groups is 2. The van der Waals surface area contributed by atoms with Crippen molar-refractivity contribution in [2.45, 2.75) is 75.3 Å². The second kappa shape index (κ2) is 20.2. The normalized spacial score (nSPS) is 21.0. The van der Waals surface area contributed by atoms with Crippen molar-refractivity contribution in [1.82, 2.24) is 67.9 Å². The maximum Gasteiger partial charge on any atom is 0.219 e. The third-order valence-electron chi connectivity index (χ3n) is 17.3. The lowest BCUT2D eigenvalue weighted by Gasteiger charge is -2.46. The predicted octanol–water partition coefficient (Wildman–Crippen LogP) is 8.51. The molecule has 0 radical (unpaired) electrons. The van der Waals surface area contributed by atoms with Crippen LogP contribution in [-0.2, 0) is 4.79 Å². The Hall–Kier alpha value is -9.11. The van der Waals surface area contributed by atoms with E-state index in [1.807, 2.05) is 70.4 Å². The van der Waals surface area contributed by atoms with Gasteiger partial charge in [-0.1, -0.05) is 54.6 Å². The van der Waals surface area contributed by atoms with Crippen molar-refractivity contribution in [2.75, 3.05) is 50.0 Å². The van der Waals surface area contributed by atoms with E-state index >= 15 is 0 Å². The van der Waals surface area contributed by atoms with E-state index in [4.69, 9.17) is 32.2 Å². The molecule has 4 fully saturated rings. The molecule has 1 saturated heterocycles. The smallest absolute Gasteiger partial charge is 0.219 e. The molecule has 0 spiro atoms. The minimum atomic E-state index is -0.224. The van der Waals surface area contributed by atoms with Gasteiger partial charge in [0.15, 0.2) is 0 Å². The maximum absolute atomic E-state index is 11.6. The van der Waals surface area contributed by atoms with Gasteiger partial charge in [-0.15, -0.1) is 0 Å². The molecule has 4 aliphatic rings. The van der Waals surface area contributed by atoms with Gasteiger partial charge in [-0.2, -0.15) is 0 Å². The van der Waals surface area contributed by atoms with Gasteiger partial charge < -0.3 is 47.3 Å². The molecule has 0 bridgehead atoms. The van der Waals surface area contributed by atoms with Crippen LogP contribution >= 0.6 is 0 Å². The first-order chi connectivity index (χ1) is 39.5. The number of para-hydroxylation sites is 3. The number of nitrogens with one attached hydrogen (secondary N) is 3. The van der Waals surface area contributed by atoms with Crippen molar-refractivity contribution in [3.8, 4) is 34.2 Å². The van der Waals surface area contributed by atoms with Crippen LogP contribution in [0.4, 0.5) is 17.5 Å². The van der Waals surface area contributed by atoms with E-state index in [-0.39, 0.29) is 24.5 Å². The number of carbonyl (C=O) groups excluding carboxylic acids is 1. The van der Waals surface area contributed by atoms with Gasteiger partial charge >= 0.3 is 0 Å². The Kier molecular flexibility index (Phi) is 12.5. The molecule has 10 heterocycles. The largest absolute Gasteiger partial charge is 0.396 e. The lowest BCUT2D eigenvalue weighted by Crippen LogP contribution is -2.54. The van der Waals surface area contributed by atoms with Gasteiger partial charge in [-0.3, -0.25) is 22.9 Å². The first-order valence-electron chi connectivity index (χ1n) is 27.9. The molecule has 16 rings (SSSR count). The van der Waals surface area contributed by atoms with Gasteiger partial charge in [0, 0.05) is 133 Å². The maximum atomic E-state index is 11.6. The Balaban J connectivity index is 0.000000111. The quantitative estimate of drug-likeness (QED) is 0.0709. The summed E-state index contributed by atoms with van der Waals surface area (Å²) < 4.78 is 6.19. The number of hydrogen-bond donors (Lipinski definition) is 8. The standard InChI is InChI=1S/C24H27N7O.C19H19N5O.C18H17N5O/c1-15(32)29-8-10-30(11-9-29)18-12-17(13-18)24-28-21(22-23(25)26-6-7-31(22)24)20-14-16-4-2-3-5-19(16)27-20;20-18-17-16(15-9-12-3-1-2-4-14(12)22-15)23-19(24(17)6-5-21-18)13-7-11(8-13)10-25;19-17-16-15(14-9-10-3-1-2-4-13(10)21-14)22-18(11-7-12(24)8-11)23(16)6-5-20-17/h2-7,14,17-18,27H,8-13H2,1H3,(H2,25,26);1-6,9,11,13,22,25H,7-8,10H2,(H2,20,21);1-6,9,11-12,21,24H,7-8H2,(H2,19,20). The molecule has 0 unspecified atom stereocenters.